The second-order valence-electron chi connectivity index (χ2n) is 7.55. The zero-order chi connectivity index (χ0) is 22.7. The van der Waals surface area contributed by atoms with E-state index in [1.165, 1.54) is 33.8 Å². The maximum Gasteiger partial charge on any atom is 0.405 e. The minimum atomic E-state index is -4.43. The van der Waals surface area contributed by atoms with E-state index in [-0.39, 0.29) is 35.7 Å². The normalized spacial score (nSPS) is 14.9. The van der Waals surface area contributed by atoms with Crippen LogP contribution in [0.2, 0.25) is 0 Å². The predicted octanol–water partition coefficient (Wildman–Crippen LogP) is 4.41. The van der Waals surface area contributed by atoms with Gasteiger partial charge in [-0.1, -0.05) is 11.8 Å². The highest BCUT2D eigenvalue weighted by Gasteiger charge is 2.62. The number of hydrogen-bond acceptors (Lipinski definition) is 5. The van der Waals surface area contributed by atoms with Gasteiger partial charge in [-0.05, 0) is 37.1 Å². The standard InChI is InChI=1S/C21H13F5N6/c1-31(18-16-9-14(23)10-27-17(16)32-11-28-30-19(32)29-18)15-7-12(6-13(22)8-15)2-3-20(4-5-20)21(24,25)26/h6-11H,4-5H2,1H3. The Morgan fingerprint density at radius 2 is 1.88 bits per heavy atom. The number of halogens is 5. The quantitative estimate of drug-likeness (QED) is 0.339. The molecule has 0 aliphatic heterocycles. The van der Waals surface area contributed by atoms with Crippen LogP contribution >= 0.6 is 0 Å². The molecule has 1 fully saturated rings. The first kappa shape index (κ1) is 20.1. The van der Waals surface area contributed by atoms with E-state index >= 15 is 0 Å². The minimum absolute atomic E-state index is 0.0710. The van der Waals surface area contributed by atoms with Crippen LogP contribution in [-0.4, -0.2) is 37.8 Å². The molecule has 32 heavy (non-hydrogen) atoms. The summed E-state index contributed by atoms with van der Waals surface area (Å²) in [6.45, 7) is 0. The number of alkyl halides is 3. The predicted molar refractivity (Wildman–Crippen MR) is 105 cm³/mol. The van der Waals surface area contributed by atoms with Crippen LogP contribution in [0.15, 0.2) is 36.8 Å². The fraction of sp³-hybridized carbons (Fsp3) is 0.238. The highest BCUT2D eigenvalue weighted by molar-refractivity contribution is 5.91. The Labute approximate surface area is 177 Å². The average molecular weight is 444 g/mol. The van der Waals surface area contributed by atoms with Gasteiger partial charge >= 0.3 is 6.18 Å². The summed E-state index contributed by atoms with van der Waals surface area (Å²) in [6.07, 6.45) is -2.16. The molecule has 4 aromatic rings. The fourth-order valence-electron chi connectivity index (χ4n) is 3.41. The molecule has 5 rings (SSSR count). The van der Waals surface area contributed by atoms with Gasteiger partial charge in [0.15, 0.2) is 5.65 Å². The second kappa shape index (κ2) is 6.85. The van der Waals surface area contributed by atoms with Crippen molar-refractivity contribution in [3.8, 4) is 11.8 Å². The molecular weight excluding hydrogens is 431 g/mol. The van der Waals surface area contributed by atoms with Crippen LogP contribution < -0.4 is 4.90 Å². The van der Waals surface area contributed by atoms with E-state index < -0.39 is 23.2 Å². The van der Waals surface area contributed by atoms with E-state index in [0.29, 0.717) is 11.0 Å². The van der Waals surface area contributed by atoms with E-state index in [4.69, 9.17) is 0 Å². The van der Waals surface area contributed by atoms with Crippen molar-refractivity contribution in [3.63, 3.8) is 0 Å². The van der Waals surface area contributed by atoms with Crippen molar-refractivity contribution in [2.24, 2.45) is 5.41 Å². The lowest BCUT2D eigenvalue weighted by atomic mass is 10.1. The fourth-order valence-corrected chi connectivity index (χ4v) is 3.41. The topological polar surface area (TPSA) is 59.2 Å². The average Bonchev–Trinajstić information content (AvgIpc) is 3.40. The van der Waals surface area contributed by atoms with E-state index in [9.17, 15) is 22.0 Å². The summed E-state index contributed by atoms with van der Waals surface area (Å²) in [6, 6.07) is 4.90. The molecule has 0 N–H and O–H groups in total. The van der Waals surface area contributed by atoms with Crippen LogP contribution in [0.3, 0.4) is 0 Å². The Hall–Kier alpha value is -3.81. The number of hydrogen-bond donors (Lipinski definition) is 0. The van der Waals surface area contributed by atoms with E-state index in [1.807, 2.05) is 0 Å². The minimum Gasteiger partial charge on any atom is -0.329 e. The number of fused-ring (bicyclic) bond motifs is 3. The molecular formula is C21H13F5N6. The molecule has 0 saturated heterocycles. The monoisotopic (exact) mass is 444 g/mol. The molecule has 11 heteroatoms. The molecule has 0 bridgehead atoms. The van der Waals surface area contributed by atoms with Crippen LogP contribution in [0.5, 0.6) is 0 Å². The molecule has 0 atom stereocenters. The summed E-state index contributed by atoms with van der Waals surface area (Å²) in [5.41, 5.74) is -1.35. The van der Waals surface area contributed by atoms with Gasteiger partial charge in [0.2, 0.25) is 0 Å². The molecule has 1 aromatic carbocycles. The van der Waals surface area contributed by atoms with Gasteiger partial charge in [0.1, 0.15) is 29.2 Å². The molecule has 0 amide bonds. The second-order valence-corrected chi connectivity index (χ2v) is 7.55. The van der Waals surface area contributed by atoms with Crippen LogP contribution in [0.4, 0.5) is 33.5 Å². The van der Waals surface area contributed by atoms with Crippen molar-refractivity contribution < 1.29 is 22.0 Å². The number of aromatic nitrogens is 5. The summed E-state index contributed by atoms with van der Waals surface area (Å²) in [5, 5.41) is 7.98. The molecule has 3 aromatic heterocycles. The van der Waals surface area contributed by atoms with Gasteiger partial charge in [-0.3, -0.25) is 0 Å². The first-order valence-electron chi connectivity index (χ1n) is 9.46. The summed E-state index contributed by atoms with van der Waals surface area (Å²) in [4.78, 5) is 9.91. The number of anilines is 2. The lowest BCUT2D eigenvalue weighted by molar-refractivity contribution is -0.168. The molecule has 0 spiro atoms. The molecule has 1 saturated carbocycles. The van der Waals surface area contributed by atoms with Gasteiger partial charge in [0.25, 0.3) is 5.78 Å². The third-order valence-electron chi connectivity index (χ3n) is 5.36. The van der Waals surface area contributed by atoms with Crippen molar-refractivity contribution in [1.29, 1.82) is 0 Å². The van der Waals surface area contributed by atoms with Gasteiger partial charge in [-0.15, -0.1) is 10.2 Å². The molecule has 0 radical (unpaired) electrons. The summed E-state index contributed by atoms with van der Waals surface area (Å²) in [5.74, 6) is 3.83. The highest BCUT2D eigenvalue weighted by Crippen LogP contribution is 2.57. The van der Waals surface area contributed by atoms with Gasteiger partial charge in [0, 0.05) is 18.3 Å². The maximum atomic E-state index is 14.3. The highest BCUT2D eigenvalue weighted by atomic mass is 19.4. The van der Waals surface area contributed by atoms with Crippen molar-refractivity contribution in [3.05, 3.63) is 54.0 Å². The van der Waals surface area contributed by atoms with E-state index in [2.05, 4.69) is 32.0 Å². The first-order chi connectivity index (χ1) is 15.2. The zero-order valence-electron chi connectivity index (χ0n) is 16.5. The third kappa shape index (κ3) is 3.28. The first-order valence-corrected chi connectivity index (χ1v) is 9.46. The van der Waals surface area contributed by atoms with Crippen molar-refractivity contribution in [2.75, 3.05) is 11.9 Å². The van der Waals surface area contributed by atoms with Crippen molar-refractivity contribution in [1.82, 2.24) is 24.6 Å². The Bertz CT molecular complexity index is 1430. The van der Waals surface area contributed by atoms with Gasteiger partial charge in [0.05, 0.1) is 11.6 Å². The van der Waals surface area contributed by atoms with Crippen LogP contribution in [0.1, 0.15) is 18.4 Å². The van der Waals surface area contributed by atoms with Gasteiger partial charge in [-0.2, -0.15) is 18.2 Å². The molecule has 6 nitrogen and oxygen atoms in total. The number of pyridine rings is 1. The van der Waals surface area contributed by atoms with Gasteiger partial charge in [-0.25, -0.2) is 18.2 Å². The molecule has 162 valence electrons. The number of benzene rings is 1. The number of nitrogens with zero attached hydrogens (tertiary/aromatic N) is 6. The zero-order valence-corrected chi connectivity index (χ0v) is 16.5. The Morgan fingerprint density at radius 1 is 1.09 bits per heavy atom. The van der Waals surface area contributed by atoms with Crippen molar-refractivity contribution >= 4 is 28.3 Å². The van der Waals surface area contributed by atoms with E-state index in [0.717, 1.165) is 12.3 Å². The van der Waals surface area contributed by atoms with Crippen LogP contribution in [-0.2, 0) is 0 Å². The largest absolute Gasteiger partial charge is 0.405 e. The van der Waals surface area contributed by atoms with Crippen LogP contribution in [0.25, 0.3) is 16.8 Å². The lowest BCUT2D eigenvalue weighted by Crippen LogP contribution is -2.22. The Balaban J connectivity index is 1.60. The maximum absolute atomic E-state index is 14.3. The molecule has 3 heterocycles. The lowest BCUT2D eigenvalue weighted by Gasteiger charge is -2.20. The van der Waals surface area contributed by atoms with Crippen LogP contribution in [0, 0.1) is 28.9 Å². The summed E-state index contributed by atoms with van der Waals surface area (Å²) >= 11 is 0. The molecule has 1 aliphatic rings. The van der Waals surface area contributed by atoms with E-state index in [1.54, 1.807) is 7.05 Å². The molecule has 0 unspecified atom stereocenters. The smallest absolute Gasteiger partial charge is 0.329 e. The summed E-state index contributed by atoms with van der Waals surface area (Å²) in [7, 11) is 1.56. The van der Waals surface area contributed by atoms with Gasteiger partial charge < -0.3 is 4.90 Å². The SMILES string of the molecule is CN(c1cc(F)cc(C#CC2(C(F)(F)F)CC2)c1)c1nc2nncn2c2ncc(F)cc12. The van der Waals surface area contributed by atoms with Crippen molar-refractivity contribution in [2.45, 2.75) is 19.0 Å². The Morgan fingerprint density at radius 3 is 2.59 bits per heavy atom. The third-order valence-corrected chi connectivity index (χ3v) is 5.36. The molecule has 1 aliphatic carbocycles. The Kier molecular flexibility index (Phi) is 4.30. The number of rotatable bonds is 2. The summed E-state index contributed by atoms with van der Waals surface area (Å²) < 4.78 is 69.2.